The molecule has 2 heterocycles. The summed E-state index contributed by atoms with van der Waals surface area (Å²) in [6.07, 6.45) is 7.46. The second-order valence-electron chi connectivity index (χ2n) is 6.33. The fraction of sp³-hybridized carbons (Fsp3) is 0.562. The molecule has 7 heteroatoms. The first-order valence-electron chi connectivity index (χ1n) is 8.15. The Balaban J connectivity index is 0.000000136. The molecule has 1 aromatic heterocycles. The summed E-state index contributed by atoms with van der Waals surface area (Å²) in [6, 6.07) is 0.347. The summed E-state index contributed by atoms with van der Waals surface area (Å²) in [6.45, 7) is 3.71. The lowest BCUT2D eigenvalue weighted by atomic mass is 9.83. The zero-order valence-corrected chi connectivity index (χ0v) is 13.9. The number of amides is 1. The second-order valence-corrected chi connectivity index (χ2v) is 6.74. The van der Waals surface area contributed by atoms with Crippen LogP contribution in [0, 0.1) is 10.7 Å². The van der Waals surface area contributed by atoms with Gasteiger partial charge in [-0.15, -0.1) is 0 Å². The summed E-state index contributed by atoms with van der Waals surface area (Å²) in [4.78, 5) is 28.2. The van der Waals surface area contributed by atoms with Gasteiger partial charge in [0.2, 0.25) is 5.91 Å². The molecule has 3 aliphatic rings. The molecular formula is C16H22N4O2S. The lowest BCUT2D eigenvalue weighted by molar-refractivity contribution is -0.127. The van der Waals surface area contributed by atoms with Gasteiger partial charge >= 0.3 is 0 Å². The van der Waals surface area contributed by atoms with Crippen molar-refractivity contribution in [3.63, 3.8) is 0 Å². The van der Waals surface area contributed by atoms with E-state index in [0.717, 1.165) is 43.4 Å². The first-order valence-corrected chi connectivity index (χ1v) is 8.56. The molecule has 2 aliphatic carbocycles. The maximum absolute atomic E-state index is 11.4. The van der Waals surface area contributed by atoms with E-state index in [4.69, 9.17) is 12.2 Å². The molecule has 1 amide bonds. The number of carbonyl (C=O) groups is 1. The second kappa shape index (κ2) is 6.70. The number of nitrogens with one attached hydrogen (secondary N) is 4. The van der Waals surface area contributed by atoms with Crippen molar-refractivity contribution in [1.82, 2.24) is 20.6 Å². The molecule has 23 heavy (non-hydrogen) atoms. The Morgan fingerprint density at radius 1 is 1.04 bits per heavy atom. The molecule has 0 aromatic carbocycles. The average Bonchev–Trinajstić information content (AvgIpc) is 2.96. The smallest absolute Gasteiger partial charge is 0.255 e. The van der Waals surface area contributed by atoms with Crippen molar-refractivity contribution in [3.05, 3.63) is 38.8 Å². The molecule has 2 unspecified atom stereocenters. The number of H-pyrrole nitrogens is 2. The van der Waals surface area contributed by atoms with E-state index in [1.54, 1.807) is 0 Å². The SMILES string of the molecule is C=C1NC(=O)C2CCCCC2N1.O=c1[nH]c(=S)[nH]c2c1CCC2. The monoisotopic (exact) mass is 334 g/mol. The van der Waals surface area contributed by atoms with Crippen LogP contribution in [0.2, 0.25) is 0 Å². The standard InChI is InChI=1S/C9H14N2O.C7H8N2OS/c1-6-10-8-5-3-2-4-7(8)9(12)11-6;10-6-4-2-1-3-5(4)8-7(11)9-6/h7-8,10H,1-5H2,(H,11,12);1-3H2,(H2,8,9,10,11). The van der Waals surface area contributed by atoms with Crippen molar-refractivity contribution in [1.29, 1.82) is 0 Å². The maximum atomic E-state index is 11.4. The Labute approximate surface area is 139 Å². The summed E-state index contributed by atoms with van der Waals surface area (Å²) >= 11 is 4.83. The number of hydrogen-bond donors (Lipinski definition) is 4. The van der Waals surface area contributed by atoms with Crippen LogP contribution >= 0.6 is 12.2 Å². The molecule has 124 valence electrons. The minimum Gasteiger partial charge on any atom is -0.369 e. The zero-order valence-electron chi connectivity index (χ0n) is 13.0. The van der Waals surface area contributed by atoms with E-state index < -0.39 is 0 Å². The van der Waals surface area contributed by atoms with Crippen LogP contribution < -0.4 is 16.2 Å². The lowest BCUT2D eigenvalue weighted by Crippen LogP contribution is -2.54. The third-order valence-electron chi connectivity index (χ3n) is 4.72. The van der Waals surface area contributed by atoms with E-state index in [-0.39, 0.29) is 17.4 Å². The van der Waals surface area contributed by atoms with Crippen LogP contribution in [-0.2, 0) is 17.6 Å². The van der Waals surface area contributed by atoms with Crippen LogP contribution in [0.15, 0.2) is 17.2 Å². The molecule has 1 aromatic rings. The Bertz CT molecular complexity index is 736. The van der Waals surface area contributed by atoms with Crippen LogP contribution in [-0.4, -0.2) is 21.9 Å². The highest BCUT2D eigenvalue weighted by Gasteiger charge is 2.34. The minimum absolute atomic E-state index is 0.0127. The highest BCUT2D eigenvalue weighted by atomic mass is 32.1. The fourth-order valence-corrected chi connectivity index (χ4v) is 3.81. The van der Waals surface area contributed by atoms with Gasteiger partial charge in [-0.1, -0.05) is 19.4 Å². The van der Waals surface area contributed by atoms with Crippen molar-refractivity contribution >= 4 is 18.1 Å². The molecule has 4 rings (SSSR count). The summed E-state index contributed by atoms with van der Waals surface area (Å²) in [7, 11) is 0. The normalized spacial score (nSPS) is 25.4. The van der Waals surface area contributed by atoms with E-state index in [1.165, 1.54) is 12.8 Å². The first kappa shape index (κ1) is 16.0. The van der Waals surface area contributed by atoms with Gasteiger partial charge in [-0.05, 0) is 44.3 Å². The molecule has 1 saturated carbocycles. The van der Waals surface area contributed by atoms with Crippen LogP contribution in [0.5, 0.6) is 0 Å². The van der Waals surface area contributed by atoms with Crippen LogP contribution in [0.1, 0.15) is 43.4 Å². The number of rotatable bonds is 0. The topological polar surface area (TPSA) is 89.8 Å². The van der Waals surface area contributed by atoms with Crippen molar-refractivity contribution < 1.29 is 4.79 Å². The Morgan fingerprint density at radius 2 is 1.83 bits per heavy atom. The molecular weight excluding hydrogens is 312 g/mol. The predicted molar refractivity (Wildman–Crippen MR) is 90.4 cm³/mol. The number of carbonyl (C=O) groups excluding carboxylic acids is 1. The lowest BCUT2D eigenvalue weighted by Gasteiger charge is -2.36. The highest BCUT2D eigenvalue weighted by Crippen LogP contribution is 2.27. The zero-order chi connectivity index (χ0) is 16.4. The summed E-state index contributed by atoms with van der Waals surface area (Å²) in [5.41, 5.74) is 1.90. The van der Waals surface area contributed by atoms with Crippen LogP contribution in [0.4, 0.5) is 0 Å². The maximum Gasteiger partial charge on any atom is 0.255 e. The molecule has 6 nitrogen and oxygen atoms in total. The quantitative estimate of drug-likeness (QED) is 0.543. The predicted octanol–water partition coefficient (Wildman–Crippen LogP) is 1.66. The van der Waals surface area contributed by atoms with E-state index in [2.05, 4.69) is 27.2 Å². The van der Waals surface area contributed by atoms with Crippen molar-refractivity contribution in [3.8, 4) is 0 Å². The van der Waals surface area contributed by atoms with E-state index >= 15 is 0 Å². The van der Waals surface area contributed by atoms with Gasteiger partial charge in [0.05, 0.1) is 11.7 Å². The van der Waals surface area contributed by atoms with Gasteiger partial charge in [-0.2, -0.15) is 0 Å². The van der Waals surface area contributed by atoms with Crippen molar-refractivity contribution in [2.24, 2.45) is 5.92 Å². The Kier molecular flexibility index (Phi) is 4.66. The minimum atomic E-state index is -0.0127. The summed E-state index contributed by atoms with van der Waals surface area (Å²) < 4.78 is 0.440. The third-order valence-corrected chi connectivity index (χ3v) is 4.92. The average molecular weight is 334 g/mol. The molecule has 0 spiro atoms. The number of aromatic nitrogens is 2. The molecule has 1 saturated heterocycles. The third kappa shape index (κ3) is 3.55. The van der Waals surface area contributed by atoms with E-state index in [1.807, 2.05) is 0 Å². The van der Waals surface area contributed by atoms with Crippen LogP contribution in [0.25, 0.3) is 0 Å². The highest BCUT2D eigenvalue weighted by molar-refractivity contribution is 7.71. The molecule has 0 bridgehead atoms. The van der Waals surface area contributed by atoms with Gasteiger partial charge in [-0.3, -0.25) is 14.6 Å². The molecule has 2 atom stereocenters. The number of fused-ring (bicyclic) bond motifs is 2. The summed E-state index contributed by atoms with van der Waals surface area (Å²) in [5, 5.41) is 5.96. The largest absolute Gasteiger partial charge is 0.369 e. The first-order chi connectivity index (χ1) is 11.0. The van der Waals surface area contributed by atoms with Crippen molar-refractivity contribution in [2.45, 2.75) is 51.0 Å². The molecule has 2 fully saturated rings. The van der Waals surface area contributed by atoms with Gasteiger partial charge in [0, 0.05) is 17.3 Å². The number of aryl methyl sites for hydroxylation is 1. The Hall–Kier alpha value is -1.89. The van der Waals surface area contributed by atoms with Crippen molar-refractivity contribution in [2.75, 3.05) is 0 Å². The van der Waals surface area contributed by atoms with Gasteiger partial charge in [0.25, 0.3) is 5.56 Å². The van der Waals surface area contributed by atoms with Crippen LogP contribution in [0.3, 0.4) is 0 Å². The van der Waals surface area contributed by atoms with E-state index in [0.29, 0.717) is 16.6 Å². The van der Waals surface area contributed by atoms with Gasteiger partial charge in [-0.25, -0.2) is 0 Å². The Morgan fingerprint density at radius 3 is 2.65 bits per heavy atom. The van der Waals surface area contributed by atoms with E-state index in [9.17, 15) is 9.59 Å². The number of aromatic amines is 2. The fourth-order valence-electron chi connectivity index (χ4n) is 3.60. The van der Waals surface area contributed by atoms with Gasteiger partial charge in [0.1, 0.15) is 0 Å². The molecule has 1 aliphatic heterocycles. The molecule has 4 N–H and O–H groups in total. The molecule has 0 radical (unpaired) electrons. The van der Waals surface area contributed by atoms with Gasteiger partial charge in [0.15, 0.2) is 4.77 Å². The number of hydrogen-bond acceptors (Lipinski definition) is 4. The summed E-state index contributed by atoms with van der Waals surface area (Å²) in [5.74, 6) is 1.01. The van der Waals surface area contributed by atoms with Gasteiger partial charge < -0.3 is 15.6 Å².